The average molecular weight is 204 g/mol. The Morgan fingerprint density at radius 2 is 2.00 bits per heavy atom. The molecule has 0 aliphatic carbocycles. The molecule has 0 N–H and O–H groups in total. The Balaban J connectivity index is 2.32. The van der Waals surface area contributed by atoms with Crippen molar-refractivity contribution in [3.05, 3.63) is 0 Å². The van der Waals surface area contributed by atoms with E-state index in [1.165, 1.54) is 0 Å². The summed E-state index contributed by atoms with van der Waals surface area (Å²) in [6, 6.07) is 0. The molecule has 4 heavy (non-hydrogen) atoms. The zero-order valence-corrected chi connectivity index (χ0v) is 6.61. The first kappa shape index (κ1) is 5.65. The highest BCUT2D eigenvalue weighted by atomic mass is 127. The summed E-state index contributed by atoms with van der Waals surface area (Å²) in [5.74, 6) is 0. The molecule has 0 aromatic carbocycles. The largest absolute Gasteiger partial charge is 0.151 e. The molecule has 0 bridgehead atoms. The number of hydrogen-bond acceptors (Lipinski definition) is 0. The number of rotatable bonds is 0. The van der Waals surface area contributed by atoms with Crippen molar-refractivity contribution in [2.75, 3.05) is 0 Å². The first-order chi connectivity index (χ1) is 1.73. The van der Waals surface area contributed by atoms with Crippen LogP contribution in [0.3, 0.4) is 0 Å². The van der Waals surface area contributed by atoms with Gasteiger partial charge in [0.25, 0.3) is 0 Å². The quantitative estimate of drug-likeness (QED) is 0.315. The third-order valence-corrected chi connectivity index (χ3v) is 0. The van der Waals surface area contributed by atoms with Crippen LogP contribution in [0.1, 0.15) is 0 Å². The molecular weight excluding hydrogens is 200 g/mol. The van der Waals surface area contributed by atoms with E-state index in [1.54, 1.807) is 0 Å². The molecule has 0 aliphatic heterocycles. The van der Waals surface area contributed by atoms with E-state index in [1.807, 2.05) is 0 Å². The van der Waals surface area contributed by atoms with Gasteiger partial charge >= 0.3 is 0 Å². The van der Waals surface area contributed by atoms with Crippen molar-refractivity contribution in [3.63, 3.8) is 0 Å². The third-order valence-electron chi connectivity index (χ3n) is 0. The molecule has 0 spiro atoms. The maximum absolute atomic E-state index is 2.71. The van der Waals surface area contributed by atoms with Gasteiger partial charge < -0.3 is 0 Å². The fraction of sp³-hybridized carbons (Fsp3) is 0. The van der Waals surface area contributed by atoms with E-state index < -0.39 is 0 Å². The van der Waals surface area contributed by atoms with Crippen LogP contribution >= 0.6 is 36.1 Å². The first-order valence-electron chi connectivity index (χ1n) is 0.874. The van der Waals surface area contributed by atoms with Gasteiger partial charge in [-0.05, 0) is 0 Å². The fourth-order valence-electron chi connectivity index (χ4n) is 0. The molecular formula is H4BIP2. The average Bonchev–Trinajstić information content (AvgIpc) is 0.811. The Morgan fingerprint density at radius 1 is 2.00 bits per heavy atom. The predicted octanol–water partition coefficient (Wildman–Crippen LogP) is 1.16. The maximum Gasteiger partial charge on any atom is 0.151 e. The highest BCUT2D eigenvalue weighted by Crippen LogP contribution is 2.47. The Morgan fingerprint density at radius 3 is 2.00 bits per heavy atom. The van der Waals surface area contributed by atoms with Crippen LogP contribution in [0.25, 0.3) is 0 Å². The van der Waals surface area contributed by atoms with E-state index in [0.29, 0.717) is 0 Å². The normalized spacial score (nSPS) is 15.5. The molecule has 0 saturated carbocycles. The first-order valence-corrected chi connectivity index (χ1v) is 7.07. The zero-order chi connectivity index (χ0) is 3.58. The molecule has 0 aromatic heterocycles. The lowest BCUT2D eigenvalue weighted by atomic mass is 10.8. The fourth-order valence-corrected chi connectivity index (χ4v) is 0. The second-order valence-electron chi connectivity index (χ2n) is 0.525. The summed E-state index contributed by atoms with van der Waals surface area (Å²) >= 11 is 2.37. The van der Waals surface area contributed by atoms with Gasteiger partial charge in [0.15, 0.2) is 7.57 Å². The van der Waals surface area contributed by atoms with Crippen LogP contribution < -0.4 is 0 Å². The van der Waals surface area contributed by atoms with Gasteiger partial charge in [-0.1, -0.05) is 27.2 Å². The molecule has 0 amide bonds. The minimum atomic E-state index is 0.266. The summed E-state index contributed by atoms with van der Waals surface area (Å²) in [7, 11) is 4.89. The summed E-state index contributed by atoms with van der Waals surface area (Å²) in [5, 5.41) is 0.266. The summed E-state index contributed by atoms with van der Waals surface area (Å²) in [6.45, 7) is 0. The highest BCUT2D eigenvalue weighted by Gasteiger charge is 1.70. The van der Waals surface area contributed by atoms with E-state index in [4.69, 9.17) is 0 Å². The maximum atomic E-state index is 2.71. The van der Waals surface area contributed by atoms with Crippen LogP contribution in [0.15, 0.2) is 0 Å². The van der Waals surface area contributed by atoms with Crippen molar-refractivity contribution in [1.82, 2.24) is 0 Å². The van der Waals surface area contributed by atoms with Gasteiger partial charge in [-0.3, -0.25) is 0 Å². The second kappa shape index (κ2) is 2.87. The van der Waals surface area contributed by atoms with E-state index in [9.17, 15) is 0 Å². The van der Waals surface area contributed by atoms with Gasteiger partial charge in [-0.2, -0.15) is 0 Å². The van der Waals surface area contributed by atoms with Crippen molar-refractivity contribution in [1.29, 1.82) is 0 Å². The van der Waals surface area contributed by atoms with Crippen LogP contribution in [-0.4, -0.2) is 7.57 Å². The van der Waals surface area contributed by atoms with Crippen molar-refractivity contribution in [3.8, 4) is 0 Å². The van der Waals surface area contributed by atoms with Crippen molar-refractivity contribution >= 4 is 43.7 Å². The van der Waals surface area contributed by atoms with Crippen LogP contribution in [0.5, 0.6) is 0 Å². The van der Waals surface area contributed by atoms with E-state index >= 15 is 0 Å². The smallest absolute Gasteiger partial charge is 0.111 e. The van der Waals surface area contributed by atoms with Crippen LogP contribution in [0, 0.1) is 0 Å². The van der Waals surface area contributed by atoms with Crippen LogP contribution in [0.2, 0.25) is 0 Å². The zero-order valence-electron chi connectivity index (χ0n) is 2.40. The van der Waals surface area contributed by atoms with Crippen molar-refractivity contribution < 1.29 is 0 Å². The molecule has 2 unspecified atom stereocenters. The Hall–Kier alpha value is 1.65. The van der Waals surface area contributed by atoms with E-state index in [0.717, 1.165) is 0 Å². The Kier molecular flexibility index (Phi) is 4.06. The summed E-state index contributed by atoms with van der Waals surface area (Å²) in [5.41, 5.74) is 0. The molecule has 2 atom stereocenters. The molecule has 0 rings (SSSR count). The predicted molar refractivity (Wildman–Crippen MR) is 39.2 cm³/mol. The minimum Gasteiger partial charge on any atom is -0.111 e. The summed E-state index contributed by atoms with van der Waals surface area (Å²) in [6.07, 6.45) is 0. The molecule has 0 fully saturated rings. The molecule has 0 saturated heterocycles. The van der Waals surface area contributed by atoms with Gasteiger partial charge in [-0.25, -0.2) is 0 Å². The van der Waals surface area contributed by atoms with Crippen molar-refractivity contribution in [2.45, 2.75) is 0 Å². The lowest BCUT2D eigenvalue weighted by Crippen LogP contribution is -1.24. The monoisotopic (exact) mass is 204 g/mol. The standard InChI is InChI=1S/BH4IP2/c1-4(2)3/h1,3H2. The molecule has 0 aliphatic rings. The van der Waals surface area contributed by atoms with E-state index in [2.05, 4.69) is 38.5 Å². The molecule has 24 valence electrons. The van der Waals surface area contributed by atoms with Gasteiger partial charge in [0.05, 0.1) is 0 Å². The van der Waals surface area contributed by atoms with E-state index in [-0.39, 0.29) is 5.13 Å². The summed E-state index contributed by atoms with van der Waals surface area (Å²) < 4.78 is 0. The molecule has 0 nitrogen and oxygen atoms in total. The Bertz CT molecular complexity index is 10.8. The molecule has 0 radical (unpaired) electrons. The van der Waals surface area contributed by atoms with Gasteiger partial charge in [-0.15, -0.1) is 8.93 Å². The summed E-state index contributed by atoms with van der Waals surface area (Å²) in [4.78, 5) is 0. The van der Waals surface area contributed by atoms with Gasteiger partial charge in [0.2, 0.25) is 0 Å². The second-order valence-corrected chi connectivity index (χ2v) is 11.6. The number of hydrogen-bond donors (Lipinski definition) is 0. The van der Waals surface area contributed by atoms with Gasteiger partial charge in [0, 0.05) is 0 Å². The third kappa shape index (κ3) is 9.41. The van der Waals surface area contributed by atoms with Crippen molar-refractivity contribution in [2.24, 2.45) is 0 Å². The lowest BCUT2D eigenvalue weighted by molar-refractivity contribution is 4.99. The van der Waals surface area contributed by atoms with Crippen LogP contribution in [-0.2, 0) is 0 Å². The molecule has 4 heteroatoms. The topological polar surface area (TPSA) is 0 Å². The van der Waals surface area contributed by atoms with Crippen LogP contribution in [0.4, 0.5) is 0 Å². The van der Waals surface area contributed by atoms with Gasteiger partial charge in [0.1, 0.15) is 0 Å². The SMILES string of the molecule is BP(P)I. The number of halogens is 1. The Labute approximate surface area is 43.8 Å². The lowest BCUT2D eigenvalue weighted by Gasteiger charge is -1.77. The molecule has 0 aromatic rings. The molecule has 0 heterocycles. The minimum absolute atomic E-state index is 0.266. The highest BCUT2D eigenvalue weighted by molar-refractivity contribution is 14.2.